The Morgan fingerprint density at radius 2 is 1.80 bits per heavy atom. The molecular weight excluding hydrogens is 342 g/mol. The fourth-order valence-electron chi connectivity index (χ4n) is 3.70. The summed E-state index contributed by atoms with van der Waals surface area (Å²) in [5.74, 6) is 2.38. The van der Waals surface area contributed by atoms with Gasteiger partial charge in [-0.2, -0.15) is 17.7 Å². The summed E-state index contributed by atoms with van der Waals surface area (Å²) in [5.41, 5.74) is 0.223. The average molecular weight is 367 g/mol. The fourth-order valence-corrected chi connectivity index (χ4v) is 4.39. The lowest BCUT2D eigenvalue weighted by atomic mass is 9.92. The predicted octanol–water partition coefficient (Wildman–Crippen LogP) is 1.55. The Kier molecular flexibility index (Phi) is 4.37. The summed E-state index contributed by atoms with van der Waals surface area (Å²) in [7, 11) is -3.55. The molecule has 3 aliphatic rings. The number of hydrogen-bond donors (Lipinski definition) is 1. The van der Waals surface area contributed by atoms with Gasteiger partial charge in [-0.25, -0.2) is 5.14 Å². The van der Waals surface area contributed by atoms with Crippen LogP contribution < -0.4 is 14.6 Å². The summed E-state index contributed by atoms with van der Waals surface area (Å²) < 4.78 is 35.7. The average Bonchev–Trinajstić information content (AvgIpc) is 3.49. The lowest BCUT2D eigenvalue weighted by Gasteiger charge is -2.30. The Balaban J connectivity index is 1.25. The first-order chi connectivity index (χ1) is 11.9. The molecule has 7 nitrogen and oxygen atoms in total. The second-order valence-electron chi connectivity index (χ2n) is 7.59. The van der Waals surface area contributed by atoms with E-state index in [4.69, 9.17) is 14.6 Å². The molecule has 1 atom stereocenters. The van der Waals surface area contributed by atoms with Crippen LogP contribution >= 0.6 is 0 Å². The minimum Gasteiger partial charge on any atom is -0.477 e. The number of ether oxygens (including phenoxy) is 2. The van der Waals surface area contributed by atoms with Gasteiger partial charge >= 0.3 is 0 Å². The maximum Gasteiger partial charge on any atom is 0.276 e. The van der Waals surface area contributed by atoms with Crippen LogP contribution in [0.3, 0.4) is 0 Å². The second kappa shape index (κ2) is 6.41. The minimum atomic E-state index is -3.55. The van der Waals surface area contributed by atoms with Gasteiger partial charge in [-0.1, -0.05) is 6.07 Å². The molecule has 0 aromatic carbocycles. The summed E-state index contributed by atoms with van der Waals surface area (Å²) in [6.45, 7) is 2.38. The number of pyridine rings is 1. The van der Waals surface area contributed by atoms with E-state index in [1.54, 1.807) is 0 Å². The third-order valence-corrected chi connectivity index (χ3v) is 6.82. The first-order valence-electron chi connectivity index (χ1n) is 8.95. The molecule has 1 aromatic heterocycles. The van der Waals surface area contributed by atoms with Gasteiger partial charge in [-0.05, 0) is 49.4 Å². The highest BCUT2D eigenvalue weighted by Gasteiger charge is 2.55. The monoisotopic (exact) mass is 367 g/mol. The molecule has 2 saturated carbocycles. The van der Waals surface area contributed by atoms with E-state index >= 15 is 0 Å². The number of piperidine rings is 1. The minimum absolute atomic E-state index is 0.223. The van der Waals surface area contributed by atoms with E-state index in [1.165, 1.54) is 17.1 Å². The molecule has 0 unspecified atom stereocenters. The molecule has 2 heterocycles. The maximum atomic E-state index is 11.4. The van der Waals surface area contributed by atoms with Gasteiger partial charge < -0.3 is 9.47 Å². The molecule has 8 heteroatoms. The highest BCUT2D eigenvalue weighted by Crippen LogP contribution is 2.59. The summed E-state index contributed by atoms with van der Waals surface area (Å²) in [6.07, 6.45) is 5.31. The first-order valence-corrected chi connectivity index (χ1v) is 10.5. The molecule has 2 N–H and O–H groups in total. The zero-order valence-corrected chi connectivity index (χ0v) is 15.1. The molecule has 0 amide bonds. The van der Waals surface area contributed by atoms with Crippen molar-refractivity contribution >= 4 is 10.2 Å². The van der Waals surface area contributed by atoms with Crippen molar-refractivity contribution in [2.45, 2.75) is 32.1 Å². The topological polar surface area (TPSA) is 94.8 Å². The van der Waals surface area contributed by atoms with E-state index in [2.05, 4.69) is 4.98 Å². The molecule has 1 aliphatic heterocycles. The number of nitrogens with zero attached hydrogens (tertiary/aromatic N) is 2. The van der Waals surface area contributed by atoms with Gasteiger partial charge in [0.15, 0.2) is 0 Å². The lowest BCUT2D eigenvalue weighted by Crippen LogP contribution is -2.43. The van der Waals surface area contributed by atoms with Crippen LogP contribution in [0.25, 0.3) is 0 Å². The normalized spacial score (nSPS) is 25.7. The molecule has 0 radical (unpaired) electrons. The van der Waals surface area contributed by atoms with Crippen molar-refractivity contribution in [3.63, 3.8) is 0 Å². The van der Waals surface area contributed by atoms with Crippen molar-refractivity contribution in [3.8, 4) is 11.8 Å². The molecule has 1 aromatic rings. The van der Waals surface area contributed by atoms with Crippen LogP contribution in [-0.2, 0) is 10.2 Å². The zero-order valence-electron chi connectivity index (χ0n) is 14.3. The van der Waals surface area contributed by atoms with Crippen LogP contribution in [0.15, 0.2) is 18.2 Å². The molecule has 1 saturated heterocycles. The molecule has 2 aliphatic carbocycles. The van der Waals surface area contributed by atoms with Crippen molar-refractivity contribution in [2.75, 3.05) is 26.3 Å². The van der Waals surface area contributed by atoms with E-state index in [1.807, 2.05) is 18.2 Å². The van der Waals surface area contributed by atoms with Crippen LogP contribution in [0.5, 0.6) is 11.8 Å². The SMILES string of the molecule is NS(=O)(=O)N1CCC2(CC1)C[C@@H]2COc1cccc(OCC2CC2)n1. The van der Waals surface area contributed by atoms with Crippen molar-refractivity contribution < 1.29 is 17.9 Å². The molecule has 0 bridgehead atoms. The third-order valence-electron chi connectivity index (χ3n) is 5.73. The highest BCUT2D eigenvalue weighted by atomic mass is 32.2. The Morgan fingerprint density at radius 1 is 1.16 bits per heavy atom. The van der Waals surface area contributed by atoms with Gasteiger partial charge in [0, 0.05) is 25.2 Å². The van der Waals surface area contributed by atoms with Crippen LogP contribution in [0.2, 0.25) is 0 Å². The fraction of sp³-hybridized carbons (Fsp3) is 0.706. The summed E-state index contributed by atoms with van der Waals surface area (Å²) in [6, 6.07) is 5.61. The standard InChI is InChI=1S/C17H25N3O4S/c18-25(21,22)20-8-6-17(7-9-20)10-14(17)12-24-16-3-1-2-15(19-16)23-11-13-4-5-13/h1-3,13-14H,4-12H2,(H2,18,21,22)/t14-/m1/s1. The Bertz CT molecular complexity index is 727. The van der Waals surface area contributed by atoms with Gasteiger partial charge in [-0.15, -0.1) is 0 Å². The van der Waals surface area contributed by atoms with Crippen LogP contribution in [0, 0.1) is 17.3 Å². The Hall–Kier alpha value is -1.38. The van der Waals surface area contributed by atoms with Crippen molar-refractivity contribution in [2.24, 2.45) is 22.4 Å². The van der Waals surface area contributed by atoms with Crippen molar-refractivity contribution in [1.82, 2.24) is 9.29 Å². The largest absolute Gasteiger partial charge is 0.477 e. The number of aromatic nitrogens is 1. The third kappa shape index (κ3) is 4.07. The van der Waals surface area contributed by atoms with E-state index in [0.717, 1.165) is 25.9 Å². The lowest BCUT2D eigenvalue weighted by molar-refractivity contribution is 0.203. The molecule has 138 valence electrons. The number of nitrogens with two attached hydrogens (primary N) is 1. The van der Waals surface area contributed by atoms with E-state index in [-0.39, 0.29) is 5.41 Å². The van der Waals surface area contributed by atoms with Crippen molar-refractivity contribution in [1.29, 1.82) is 0 Å². The van der Waals surface area contributed by atoms with Crippen LogP contribution in [0.4, 0.5) is 0 Å². The highest BCUT2D eigenvalue weighted by molar-refractivity contribution is 7.86. The zero-order chi connectivity index (χ0) is 17.5. The van der Waals surface area contributed by atoms with Crippen LogP contribution in [0.1, 0.15) is 32.1 Å². The summed E-state index contributed by atoms with van der Waals surface area (Å²) in [4.78, 5) is 4.40. The van der Waals surface area contributed by atoms with E-state index in [0.29, 0.717) is 43.3 Å². The smallest absolute Gasteiger partial charge is 0.276 e. The Labute approximate surface area is 148 Å². The predicted molar refractivity (Wildman–Crippen MR) is 92.4 cm³/mol. The Morgan fingerprint density at radius 3 is 2.40 bits per heavy atom. The maximum absolute atomic E-state index is 11.4. The van der Waals surface area contributed by atoms with Gasteiger partial charge in [-0.3, -0.25) is 0 Å². The molecule has 1 spiro atoms. The van der Waals surface area contributed by atoms with Gasteiger partial charge in [0.1, 0.15) is 0 Å². The molecule has 25 heavy (non-hydrogen) atoms. The quantitative estimate of drug-likeness (QED) is 0.789. The van der Waals surface area contributed by atoms with E-state index < -0.39 is 10.2 Å². The summed E-state index contributed by atoms with van der Waals surface area (Å²) in [5, 5.41) is 5.20. The number of hydrogen-bond acceptors (Lipinski definition) is 5. The molecule has 4 rings (SSSR count). The summed E-state index contributed by atoms with van der Waals surface area (Å²) >= 11 is 0. The molecule has 3 fully saturated rings. The van der Waals surface area contributed by atoms with E-state index in [9.17, 15) is 8.42 Å². The number of rotatable bonds is 7. The first kappa shape index (κ1) is 17.1. The van der Waals surface area contributed by atoms with Gasteiger partial charge in [0.05, 0.1) is 13.2 Å². The van der Waals surface area contributed by atoms with Crippen molar-refractivity contribution in [3.05, 3.63) is 18.2 Å². The molecular formula is C17H25N3O4S. The second-order valence-corrected chi connectivity index (χ2v) is 9.13. The van der Waals surface area contributed by atoms with Crippen LogP contribution in [-0.4, -0.2) is 44.0 Å². The van der Waals surface area contributed by atoms with Gasteiger partial charge in [0.25, 0.3) is 10.2 Å². The van der Waals surface area contributed by atoms with Gasteiger partial charge in [0.2, 0.25) is 11.8 Å².